The summed E-state index contributed by atoms with van der Waals surface area (Å²) >= 11 is 0. The van der Waals surface area contributed by atoms with E-state index >= 15 is 0 Å². The molecular weight excluding hydrogens is 280 g/mol. The summed E-state index contributed by atoms with van der Waals surface area (Å²) in [5.74, 6) is -0.836. The number of carbonyl (C=O) groups is 2. The summed E-state index contributed by atoms with van der Waals surface area (Å²) < 4.78 is 0. The van der Waals surface area contributed by atoms with Crippen molar-refractivity contribution in [2.24, 2.45) is 23.0 Å². The zero-order chi connectivity index (χ0) is 16.1. The highest BCUT2D eigenvalue weighted by atomic mass is 16.4. The van der Waals surface area contributed by atoms with Crippen LogP contribution >= 0.6 is 0 Å². The molecular formula is C17H22N2O3. The van der Waals surface area contributed by atoms with Crippen LogP contribution in [0.4, 0.5) is 0 Å². The minimum absolute atomic E-state index is 0.0172. The Morgan fingerprint density at radius 1 is 1.36 bits per heavy atom. The van der Waals surface area contributed by atoms with Crippen LogP contribution in [0.2, 0.25) is 0 Å². The number of carboxylic acid groups (broad SMARTS) is 1. The average Bonchev–Trinajstić information content (AvgIpc) is 2.86. The van der Waals surface area contributed by atoms with Crippen LogP contribution in [0.1, 0.15) is 19.4 Å². The van der Waals surface area contributed by atoms with Crippen molar-refractivity contribution in [3.05, 3.63) is 35.9 Å². The molecule has 4 atom stereocenters. The van der Waals surface area contributed by atoms with E-state index in [-0.39, 0.29) is 23.2 Å². The van der Waals surface area contributed by atoms with Crippen molar-refractivity contribution in [2.45, 2.75) is 32.4 Å². The maximum atomic E-state index is 12.6. The minimum atomic E-state index is -0.918. The van der Waals surface area contributed by atoms with Gasteiger partial charge in [-0.25, -0.2) is 4.79 Å². The number of rotatable bonds is 4. The van der Waals surface area contributed by atoms with Crippen molar-refractivity contribution in [3.8, 4) is 0 Å². The quantitative estimate of drug-likeness (QED) is 0.873. The predicted octanol–water partition coefficient (Wildman–Crippen LogP) is 1.12. The van der Waals surface area contributed by atoms with Gasteiger partial charge in [0.05, 0.1) is 6.04 Å². The number of hydrogen-bond donors (Lipinski definition) is 2. The molecule has 0 aromatic heterocycles. The van der Waals surface area contributed by atoms with Gasteiger partial charge in [-0.05, 0) is 23.3 Å². The summed E-state index contributed by atoms with van der Waals surface area (Å²) in [5, 5.41) is 9.50. The Kier molecular flexibility index (Phi) is 3.48. The highest BCUT2D eigenvalue weighted by Gasteiger charge is 2.69. The van der Waals surface area contributed by atoms with Crippen molar-refractivity contribution in [3.63, 3.8) is 0 Å². The number of hydrogen-bond acceptors (Lipinski definition) is 3. The van der Waals surface area contributed by atoms with Crippen LogP contribution in [0, 0.1) is 17.3 Å². The molecule has 2 aliphatic rings. The number of aliphatic carboxylic acids is 1. The Morgan fingerprint density at radius 2 is 2.00 bits per heavy atom. The number of nitrogens with two attached hydrogens (primary N) is 1. The van der Waals surface area contributed by atoms with E-state index < -0.39 is 18.1 Å². The fourth-order valence-electron chi connectivity index (χ4n) is 3.96. The van der Waals surface area contributed by atoms with E-state index in [2.05, 4.69) is 13.8 Å². The fourth-order valence-corrected chi connectivity index (χ4v) is 3.96. The Labute approximate surface area is 130 Å². The molecule has 22 heavy (non-hydrogen) atoms. The molecule has 3 N–H and O–H groups in total. The lowest BCUT2D eigenvalue weighted by atomic mass is 9.99. The monoisotopic (exact) mass is 302 g/mol. The van der Waals surface area contributed by atoms with Crippen LogP contribution in [0.5, 0.6) is 0 Å². The lowest BCUT2D eigenvalue weighted by Gasteiger charge is -2.30. The van der Waals surface area contributed by atoms with Gasteiger partial charge in [0.2, 0.25) is 5.91 Å². The van der Waals surface area contributed by atoms with Crippen molar-refractivity contribution < 1.29 is 14.7 Å². The maximum Gasteiger partial charge on any atom is 0.326 e. The Morgan fingerprint density at radius 3 is 2.59 bits per heavy atom. The lowest BCUT2D eigenvalue weighted by Crippen LogP contribution is -2.52. The highest BCUT2D eigenvalue weighted by Crippen LogP contribution is 2.64. The number of fused-ring (bicyclic) bond motifs is 1. The first-order valence-corrected chi connectivity index (χ1v) is 7.67. The van der Waals surface area contributed by atoms with Crippen LogP contribution in [-0.2, 0) is 16.0 Å². The van der Waals surface area contributed by atoms with Crippen molar-refractivity contribution in [1.29, 1.82) is 0 Å². The third-order valence-electron chi connectivity index (χ3n) is 5.36. The molecule has 1 aliphatic heterocycles. The Balaban J connectivity index is 1.71. The van der Waals surface area contributed by atoms with E-state index in [0.29, 0.717) is 13.0 Å². The van der Waals surface area contributed by atoms with Gasteiger partial charge >= 0.3 is 5.97 Å². The van der Waals surface area contributed by atoms with Gasteiger partial charge < -0.3 is 15.7 Å². The number of carbonyl (C=O) groups excluding carboxylic acids is 1. The molecule has 0 radical (unpaired) electrons. The number of carboxylic acids is 1. The van der Waals surface area contributed by atoms with Gasteiger partial charge in [-0.15, -0.1) is 0 Å². The van der Waals surface area contributed by atoms with E-state index in [0.717, 1.165) is 5.56 Å². The van der Waals surface area contributed by atoms with E-state index in [1.165, 1.54) is 4.90 Å². The normalized spacial score (nSPS) is 29.8. The zero-order valence-electron chi connectivity index (χ0n) is 12.9. The molecule has 1 saturated heterocycles. The van der Waals surface area contributed by atoms with E-state index in [1.54, 1.807) is 0 Å². The summed E-state index contributed by atoms with van der Waals surface area (Å²) in [6.07, 6.45) is 0.432. The number of amides is 1. The third-order valence-corrected chi connectivity index (χ3v) is 5.36. The van der Waals surface area contributed by atoms with Crippen LogP contribution < -0.4 is 5.73 Å². The number of nitrogens with zero attached hydrogens (tertiary/aromatic N) is 1. The summed E-state index contributed by atoms with van der Waals surface area (Å²) in [7, 11) is 0. The van der Waals surface area contributed by atoms with Gasteiger partial charge in [-0.3, -0.25) is 4.79 Å². The Hall–Kier alpha value is -1.88. The second kappa shape index (κ2) is 5.09. The van der Waals surface area contributed by atoms with Crippen molar-refractivity contribution in [2.75, 3.05) is 6.54 Å². The summed E-state index contributed by atoms with van der Waals surface area (Å²) in [5.41, 5.74) is 7.04. The molecule has 3 rings (SSSR count). The number of likely N-dealkylation sites (tertiary alicyclic amines) is 1. The fraction of sp³-hybridized carbons (Fsp3) is 0.529. The van der Waals surface area contributed by atoms with Crippen molar-refractivity contribution >= 4 is 11.9 Å². The van der Waals surface area contributed by atoms with Gasteiger partial charge in [-0.2, -0.15) is 0 Å². The van der Waals surface area contributed by atoms with Gasteiger partial charge in [0, 0.05) is 12.5 Å². The van der Waals surface area contributed by atoms with Crippen molar-refractivity contribution in [1.82, 2.24) is 4.90 Å². The smallest absolute Gasteiger partial charge is 0.326 e. The first-order valence-electron chi connectivity index (χ1n) is 7.67. The zero-order valence-corrected chi connectivity index (χ0v) is 12.9. The largest absolute Gasteiger partial charge is 0.480 e. The second-order valence-electron chi connectivity index (χ2n) is 7.02. The van der Waals surface area contributed by atoms with Gasteiger partial charge in [0.25, 0.3) is 0 Å². The summed E-state index contributed by atoms with van der Waals surface area (Å²) in [4.78, 5) is 25.6. The molecule has 0 spiro atoms. The second-order valence-corrected chi connectivity index (χ2v) is 7.02. The van der Waals surface area contributed by atoms with E-state index in [4.69, 9.17) is 5.73 Å². The van der Waals surface area contributed by atoms with Gasteiger partial charge in [0.15, 0.2) is 0 Å². The molecule has 5 heteroatoms. The van der Waals surface area contributed by atoms with E-state index in [9.17, 15) is 14.7 Å². The molecule has 5 nitrogen and oxygen atoms in total. The molecule has 0 bridgehead atoms. The van der Waals surface area contributed by atoms with Gasteiger partial charge in [-0.1, -0.05) is 44.2 Å². The first kappa shape index (κ1) is 15.0. The molecule has 2 fully saturated rings. The van der Waals surface area contributed by atoms with Gasteiger partial charge in [0.1, 0.15) is 6.04 Å². The number of benzene rings is 1. The van der Waals surface area contributed by atoms with Crippen LogP contribution in [0.3, 0.4) is 0 Å². The van der Waals surface area contributed by atoms with E-state index in [1.807, 2.05) is 30.3 Å². The molecule has 1 aromatic rings. The summed E-state index contributed by atoms with van der Waals surface area (Å²) in [6.45, 7) is 4.66. The molecule has 118 valence electrons. The lowest BCUT2D eigenvalue weighted by molar-refractivity contribution is -0.150. The number of piperidine rings is 1. The summed E-state index contributed by atoms with van der Waals surface area (Å²) in [6, 6.07) is 8.14. The average molecular weight is 302 g/mol. The SMILES string of the molecule is CC1(C)[C@@H]2[C@@H](C(=O)O)N(C(=O)C(N)Cc3ccccc3)C[C@@H]21. The Bertz CT molecular complexity index is 599. The standard InChI is InChI=1S/C17H22N2O3/c1-17(2)11-9-19(14(13(11)17)16(21)22)15(20)12(18)8-10-6-4-3-5-7-10/h3-7,11-14H,8-9,18H2,1-2H3,(H,21,22)/t11-,12?,13-,14-/m0/s1. The first-order chi connectivity index (χ1) is 10.3. The maximum absolute atomic E-state index is 12.6. The molecule has 1 saturated carbocycles. The van der Waals surface area contributed by atoms with Crippen LogP contribution in [-0.4, -0.2) is 40.5 Å². The molecule has 1 aromatic carbocycles. The molecule has 1 amide bonds. The predicted molar refractivity (Wildman–Crippen MR) is 82.0 cm³/mol. The molecule has 1 heterocycles. The highest BCUT2D eigenvalue weighted by molar-refractivity contribution is 5.88. The topological polar surface area (TPSA) is 83.6 Å². The molecule has 1 unspecified atom stereocenters. The van der Waals surface area contributed by atoms with Crippen LogP contribution in [0.15, 0.2) is 30.3 Å². The minimum Gasteiger partial charge on any atom is -0.480 e. The van der Waals surface area contributed by atoms with Crippen LogP contribution in [0.25, 0.3) is 0 Å². The molecule has 1 aliphatic carbocycles. The third kappa shape index (κ3) is 2.29.